The van der Waals surface area contributed by atoms with E-state index in [0.29, 0.717) is 11.1 Å². The lowest BCUT2D eigenvalue weighted by molar-refractivity contribution is 0.0715. The fourth-order valence-electron chi connectivity index (χ4n) is 3.99. The Morgan fingerprint density at radius 3 is 2.68 bits per heavy atom. The monoisotopic (exact) mass is 373 g/mol. The van der Waals surface area contributed by atoms with E-state index in [-0.39, 0.29) is 17.5 Å². The Bertz CT molecular complexity index is 1070. The van der Waals surface area contributed by atoms with Crippen LogP contribution in [0, 0.1) is 6.92 Å². The Morgan fingerprint density at radius 2 is 1.89 bits per heavy atom. The summed E-state index contributed by atoms with van der Waals surface area (Å²) < 4.78 is 0. The van der Waals surface area contributed by atoms with E-state index in [9.17, 15) is 9.59 Å². The first-order valence-electron chi connectivity index (χ1n) is 9.56. The minimum Gasteiger partial charge on any atom is -0.335 e. The number of H-pyrrole nitrogens is 1. The predicted molar refractivity (Wildman–Crippen MR) is 109 cm³/mol. The molecular formula is C23H23N3O2. The van der Waals surface area contributed by atoms with Crippen molar-refractivity contribution in [1.82, 2.24) is 15.1 Å². The van der Waals surface area contributed by atoms with Gasteiger partial charge in [0, 0.05) is 12.6 Å². The van der Waals surface area contributed by atoms with Crippen molar-refractivity contribution in [2.24, 2.45) is 0 Å². The van der Waals surface area contributed by atoms with Gasteiger partial charge < -0.3 is 4.90 Å². The molecule has 0 spiro atoms. The lowest BCUT2D eigenvalue weighted by Gasteiger charge is -2.33. The van der Waals surface area contributed by atoms with Gasteiger partial charge in [0.1, 0.15) is 0 Å². The van der Waals surface area contributed by atoms with Crippen LogP contribution in [-0.4, -0.2) is 28.1 Å². The van der Waals surface area contributed by atoms with Crippen LogP contribution in [0.1, 0.15) is 46.1 Å². The van der Waals surface area contributed by atoms with Crippen molar-refractivity contribution in [1.29, 1.82) is 0 Å². The van der Waals surface area contributed by atoms with Gasteiger partial charge in [-0.1, -0.05) is 36.4 Å². The second-order valence-electron chi connectivity index (χ2n) is 7.35. The van der Waals surface area contributed by atoms with E-state index in [1.807, 2.05) is 37.1 Å². The quantitative estimate of drug-likeness (QED) is 0.757. The van der Waals surface area contributed by atoms with Gasteiger partial charge in [-0.25, -0.2) is 5.10 Å². The summed E-state index contributed by atoms with van der Waals surface area (Å²) in [6.45, 7) is 1.83. The van der Waals surface area contributed by atoms with Crippen LogP contribution < -0.4 is 5.56 Å². The van der Waals surface area contributed by atoms with Crippen LogP contribution in [0.5, 0.6) is 0 Å². The van der Waals surface area contributed by atoms with E-state index in [0.717, 1.165) is 30.5 Å². The summed E-state index contributed by atoms with van der Waals surface area (Å²) in [5.41, 5.74) is 5.04. The second kappa shape index (κ2) is 7.43. The van der Waals surface area contributed by atoms with Crippen LogP contribution in [0.3, 0.4) is 0 Å². The first-order chi connectivity index (χ1) is 13.5. The minimum absolute atomic E-state index is 0.00642. The van der Waals surface area contributed by atoms with E-state index in [4.69, 9.17) is 0 Å². The minimum atomic E-state index is -0.236. The van der Waals surface area contributed by atoms with Gasteiger partial charge in [0.2, 0.25) is 0 Å². The van der Waals surface area contributed by atoms with Crippen LogP contribution in [0.2, 0.25) is 0 Å². The van der Waals surface area contributed by atoms with Crippen molar-refractivity contribution >= 4 is 5.91 Å². The molecule has 5 nitrogen and oxygen atoms in total. The fraction of sp³-hybridized carbons (Fsp3) is 0.261. The standard InChI is InChI=1S/C23H23N3O2/c1-15-14-20(22(27)25-24-15)17-10-12-18(13-11-17)23(28)26(2)21-9-5-7-16-6-3-4-8-19(16)21/h3-4,6,8,10-14,21H,5,7,9H2,1-2H3,(H,25,27). The normalized spacial score (nSPS) is 15.7. The Labute approximate surface area is 164 Å². The third-order valence-corrected chi connectivity index (χ3v) is 5.50. The third-order valence-electron chi connectivity index (χ3n) is 5.50. The zero-order valence-corrected chi connectivity index (χ0v) is 16.1. The van der Waals surface area contributed by atoms with Crippen molar-refractivity contribution in [2.75, 3.05) is 7.05 Å². The number of fused-ring (bicyclic) bond motifs is 1. The number of carbonyl (C=O) groups excluding carboxylic acids is 1. The van der Waals surface area contributed by atoms with Gasteiger partial charge in [-0.15, -0.1) is 0 Å². The summed E-state index contributed by atoms with van der Waals surface area (Å²) in [5, 5.41) is 6.40. The summed E-state index contributed by atoms with van der Waals surface area (Å²) in [4.78, 5) is 26.9. The number of rotatable bonds is 3. The largest absolute Gasteiger partial charge is 0.335 e. The Hall–Kier alpha value is -3.21. The zero-order chi connectivity index (χ0) is 19.7. The SMILES string of the molecule is Cc1cc(-c2ccc(C(=O)N(C)C3CCCc4ccccc43)cc2)c(=O)[nH]n1. The maximum Gasteiger partial charge on any atom is 0.272 e. The molecule has 28 heavy (non-hydrogen) atoms. The summed E-state index contributed by atoms with van der Waals surface area (Å²) >= 11 is 0. The number of benzene rings is 2. The van der Waals surface area contributed by atoms with Crippen molar-refractivity contribution in [3.63, 3.8) is 0 Å². The van der Waals surface area contributed by atoms with Crippen molar-refractivity contribution in [3.8, 4) is 11.1 Å². The van der Waals surface area contributed by atoms with Gasteiger partial charge in [-0.2, -0.15) is 5.10 Å². The molecule has 5 heteroatoms. The van der Waals surface area contributed by atoms with Crippen molar-refractivity contribution < 1.29 is 4.79 Å². The fourth-order valence-corrected chi connectivity index (χ4v) is 3.99. The highest BCUT2D eigenvalue weighted by atomic mass is 16.2. The van der Waals surface area contributed by atoms with Gasteiger partial charge in [-0.3, -0.25) is 9.59 Å². The maximum absolute atomic E-state index is 13.1. The number of nitrogens with one attached hydrogen (secondary N) is 1. The van der Waals surface area contributed by atoms with Crippen LogP contribution in [0.25, 0.3) is 11.1 Å². The van der Waals surface area contributed by atoms with Gasteiger partial charge in [0.25, 0.3) is 11.5 Å². The molecule has 1 aliphatic carbocycles. The second-order valence-corrected chi connectivity index (χ2v) is 7.35. The molecule has 0 saturated carbocycles. The molecular weight excluding hydrogens is 350 g/mol. The van der Waals surface area contributed by atoms with E-state index in [2.05, 4.69) is 28.4 Å². The number of nitrogens with zero attached hydrogens (tertiary/aromatic N) is 2. The first-order valence-corrected chi connectivity index (χ1v) is 9.56. The molecule has 0 bridgehead atoms. The Balaban J connectivity index is 1.59. The molecule has 1 heterocycles. The number of aromatic amines is 1. The average Bonchev–Trinajstić information content (AvgIpc) is 2.74. The van der Waals surface area contributed by atoms with Crippen LogP contribution in [0.15, 0.2) is 59.4 Å². The van der Waals surface area contributed by atoms with Crippen LogP contribution in [-0.2, 0) is 6.42 Å². The molecule has 2 aromatic carbocycles. The molecule has 1 atom stereocenters. The molecule has 3 aromatic rings. The molecule has 142 valence electrons. The molecule has 4 rings (SSSR count). The molecule has 0 aliphatic heterocycles. The van der Waals surface area contributed by atoms with Gasteiger partial charge >= 0.3 is 0 Å². The number of aromatic nitrogens is 2. The van der Waals surface area contributed by atoms with Crippen LogP contribution >= 0.6 is 0 Å². The lowest BCUT2D eigenvalue weighted by atomic mass is 9.87. The molecule has 0 fully saturated rings. The summed E-state index contributed by atoms with van der Waals surface area (Å²) in [6.07, 6.45) is 3.13. The highest BCUT2D eigenvalue weighted by Crippen LogP contribution is 2.34. The number of amides is 1. The summed E-state index contributed by atoms with van der Waals surface area (Å²) in [5.74, 6) is -0.00642. The molecule has 0 radical (unpaired) electrons. The Kier molecular flexibility index (Phi) is 4.82. The molecule has 1 aromatic heterocycles. The third kappa shape index (κ3) is 3.36. The maximum atomic E-state index is 13.1. The summed E-state index contributed by atoms with van der Waals surface area (Å²) in [7, 11) is 1.87. The first kappa shape index (κ1) is 18.2. The van der Waals surface area contributed by atoms with Gasteiger partial charge in [-0.05, 0) is 61.1 Å². The van der Waals surface area contributed by atoms with E-state index in [1.165, 1.54) is 11.1 Å². The zero-order valence-electron chi connectivity index (χ0n) is 16.1. The lowest BCUT2D eigenvalue weighted by Crippen LogP contribution is -2.33. The van der Waals surface area contributed by atoms with Gasteiger partial charge in [0.15, 0.2) is 0 Å². The predicted octanol–water partition coefficient (Wildman–Crippen LogP) is 3.89. The average molecular weight is 373 g/mol. The number of hydrogen-bond acceptors (Lipinski definition) is 3. The molecule has 1 aliphatic rings. The Morgan fingerprint density at radius 1 is 1.14 bits per heavy atom. The highest BCUT2D eigenvalue weighted by Gasteiger charge is 2.27. The molecule has 1 N–H and O–H groups in total. The summed E-state index contributed by atoms with van der Waals surface area (Å²) in [6, 6.07) is 17.5. The van der Waals surface area contributed by atoms with Crippen molar-refractivity contribution in [2.45, 2.75) is 32.2 Å². The topological polar surface area (TPSA) is 66.1 Å². The number of aryl methyl sites for hydroxylation is 2. The van der Waals surface area contributed by atoms with E-state index >= 15 is 0 Å². The van der Waals surface area contributed by atoms with Crippen molar-refractivity contribution in [3.05, 3.63) is 87.3 Å². The molecule has 0 saturated heterocycles. The smallest absolute Gasteiger partial charge is 0.272 e. The molecule has 1 amide bonds. The number of carbonyl (C=O) groups is 1. The highest BCUT2D eigenvalue weighted by molar-refractivity contribution is 5.94. The number of hydrogen-bond donors (Lipinski definition) is 1. The molecule has 1 unspecified atom stereocenters. The van der Waals surface area contributed by atoms with Gasteiger partial charge in [0.05, 0.1) is 17.3 Å². The van der Waals surface area contributed by atoms with E-state index in [1.54, 1.807) is 18.2 Å². The van der Waals surface area contributed by atoms with E-state index < -0.39 is 0 Å². The van der Waals surface area contributed by atoms with Crippen LogP contribution in [0.4, 0.5) is 0 Å².